The zero-order valence-electron chi connectivity index (χ0n) is 16.3. The van der Waals surface area contributed by atoms with E-state index in [1.54, 1.807) is 22.0 Å². The highest BCUT2D eigenvalue weighted by Crippen LogP contribution is 2.32. The lowest BCUT2D eigenvalue weighted by atomic mass is 10.1. The van der Waals surface area contributed by atoms with Crippen molar-refractivity contribution >= 4 is 32.6 Å². The van der Waals surface area contributed by atoms with Gasteiger partial charge in [-0.3, -0.25) is 19.4 Å². The Balaban J connectivity index is 1.80. The topological polar surface area (TPSA) is 63.9 Å². The molecule has 0 atom stereocenters. The Bertz CT molecular complexity index is 1120. The van der Waals surface area contributed by atoms with Crippen LogP contribution in [0.25, 0.3) is 10.2 Å². The van der Waals surface area contributed by atoms with Crippen LogP contribution in [0.2, 0.25) is 0 Å². The van der Waals surface area contributed by atoms with Crippen molar-refractivity contribution in [2.45, 2.75) is 27.3 Å². The quantitative estimate of drug-likeness (QED) is 0.523. The third-order valence-electron chi connectivity index (χ3n) is 4.75. The number of carbonyl (C=O) groups excluding carboxylic acids is 1. The highest BCUT2D eigenvalue weighted by Gasteiger charge is 2.25. The van der Waals surface area contributed by atoms with Crippen LogP contribution in [0.15, 0.2) is 42.9 Å². The van der Waals surface area contributed by atoms with Crippen LogP contribution in [0.5, 0.6) is 0 Å². The molecule has 1 amide bonds. The van der Waals surface area contributed by atoms with Gasteiger partial charge in [-0.1, -0.05) is 17.4 Å². The van der Waals surface area contributed by atoms with Crippen molar-refractivity contribution < 1.29 is 4.79 Å². The van der Waals surface area contributed by atoms with Crippen LogP contribution in [0.3, 0.4) is 0 Å². The summed E-state index contributed by atoms with van der Waals surface area (Å²) in [4.78, 5) is 24.0. The summed E-state index contributed by atoms with van der Waals surface area (Å²) in [6.07, 6.45) is 5.34. The fourth-order valence-electron chi connectivity index (χ4n) is 3.13. The molecule has 0 saturated carbocycles. The van der Waals surface area contributed by atoms with Gasteiger partial charge in [-0.05, 0) is 55.7 Å². The molecule has 0 spiro atoms. The molecule has 0 aliphatic carbocycles. The second-order valence-corrected chi connectivity index (χ2v) is 8.00. The first-order valence-corrected chi connectivity index (χ1v) is 9.83. The minimum absolute atomic E-state index is 0.158. The van der Waals surface area contributed by atoms with Gasteiger partial charge in [-0.2, -0.15) is 5.10 Å². The average molecular weight is 392 g/mol. The molecule has 0 saturated heterocycles. The average Bonchev–Trinajstić information content (AvgIpc) is 3.22. The lowest BCUT2D eigenvalue weighted by molar-refractivity contribution is 0.0979. The Labute approximate surface area is 167 Å². The van der Waals surface area contributed by atoms with Gasteiger partial charge in [-0.25, -0.2) is 4.98 Å². The normalized spacial score (nSPS) is 11.1. The van der Waals surface area contributed by atoms with Gasteiger partial charge in [0, 0.05) is 31.2 Å². The molecule has 3 aromatic heterocycles. The summed E-state index contributed by atoms with van der Waals surface area (Å²) in [5.74, 6) is -0.158. The fraction of sp³-hybridized carbons (Fsp3) is 0.238. The number of carbonyl (C=O) groups is 1. The first-order valence-electron chi connectivity index (χ1n) is 9.01. The first-order chi connectivity index (χ1) is 13.4. The number of fused-ring (bicyclic) bond motifs is 1. The van der Waals surface area contributed by atoms with E-state index in [1.165, 1.54) is 22.5 Å². The minimum atomic E-state index is -0.158. The lowest BCUT2D eigenvalue weighted by Gasteiger charge is -2.19. The molecule has 1 aromatic carbocycles. The summed E-state index contributed by atoms with van der Waals surface area (Å²) in [5, 5.41) is 5.03. The molecular weight excluding hydrogens is 370 g/mol. The van der Waals surface area contributed by atoms with Crippen molar-refractivity contribution in [2.24, 2.45) is 7.05 Å². The predicted octanol–water partition coefficient (Wildman–Crippen LogP) is 4.20. The third-order valence-corrected chi connectivity index (χ3v) is 5.79. The molecule has 0 bridgehead atoms. The fourth-order valence-corrected chi connectivity index (χ4v) is 4.17. The number of amides is 1. The van der Waals surface area contributed by atoms with Gasteiger partial charge >= 0.3 is 0 Å². The van der Waals surface area contributed by atoms with Crippen molar-refractivity contribution in [1.82, 2.24) is 19.7 Å². The summed E-state index contributed by atoms with van der Waals surface area (Å²) in [6.45, 7) is 6.45. The summed E-state index contributed by atoms with van der Waals surface area (Å²) in [7, 11) is 1.82. The molecule has 0 fully saturated rings. The van der Waals surface area contributed by atoms with Crippen LogP contribution in [0.1, 0.15) is 32.7 Å². The molecule has 142 valence electrons. The smallest absolute Gasteiger partial charge is 0.278 e. The van der Waals surface area contributed by atoms with E-state index >= 15 is 0 Å². The van der Waals surface area contributed by atoms with E-state index in [0.717, 1.165) is 21.3 Å². The van der Waals surface area contributed by atoms with Crippen molar-refractivity contribution in [3.8, 4) is 0 Å². The molecule has 4 rings (SSSR count). The number of rotatable bonds is 4. The molecule has 0 aliphatic rings. The lowest BCUT2D eigenvalue weighted by Crippen LogP contribution is -2.31. The zero-order valence-corrected chi connectivity index (χ0v) is 17.1. The number of anilines is 1. The number of pyridine rings is 1. The van der Waals surface area contributed by atoms with Gasteiger partial charge < -0.3 is 0 Å². The monoisotopic (exact) mass is 391 g/mol. The molecule has 0 aliphatic heterocycles. The molecule has 0 N–H and O–H groups in total. The number of nitrogens with zero attached hydrogens (tertiary/aromatic N) is 5. The molecule has 7 heteroatoms. The Morgan fingerprint density at radius 3 is 2.64 bits per heavy atom. The molecule has 0 unspecified atom stereocenters. The maximum Gasteiger partial charge on any atom is 0.281 e. The standard InChI is InChI=1S/C21H21N5OS/c1-13-8-17-18(9-14(13)2)28-21(23-17)26(12-16-6-5-7-22-10-16)20(27)19-15(3)11-25(4)24-19/h5-11H,12H2,1-4H3. The maximum atomic E-state index is 13.4. The second kappa shape index (κ2) is 7.16. The maximum absolute atomic E-state index is 13.4. The number of aryl methyl sites for hydroxylation is 4. The van der Waals surface area contributed by atoms with Crippen molar-refractivity contribution in [3.63, 3.8) is 0 Å². The Morgan fingerprint density at radius 1 is 1.18 bits per heavy atom. The SMILES string of the molecule is Cc1cc2nc(N(Cc3cccnc3)C(=O)c3nn(C)cc3C)sc2cc1C. The molecule has 6 nitrogen and oxygen atoms in total. The van der Waals surface area contributed by atoms with Crippen LogP contribution < -0.4 is 4.90 Å². The van der Waals surface area contributed by atoms with Crippen LogP contribution in [-0.4, -0.2) is 25.7 Å². The van der Waals surface area contributed by atoms with E-state index in [-0.39, 0.29) is 5.91 Å². The van der Waals surface area contributed by atoms with Gasteiger partial charge in [0.15, 0.2) is 10.8 Å². The predicted molar refractivity (Wildman–Crippen MR) is 112 cm³/mol. The van der Waals surface area contributed by atoms with Gasteiger partial charge in [0.2, 0.25) is 0 Å². The van der Waals surface area contributed by atoms with Crippen LogP contribution in [0, 0.1) is 20.8 Å². The van der Waals surface area contributed by atoms with E-state index in [9.17, 15) is 4.79 Å². The Kier molecular flexibility index (Phi) is 4.68. The summed E-state index contributed by atoms with van der Waals surface area (Å²) >= 11 is 1.52. The van der Waals surface area contributed by atoms with Crippen molar-refractivity contribution in [2.75, 3.05) is 4.90 Å². The summed E-state index contributed by atoms with van der Waals surface area (Å²) < 4.78 is 2.73. The number of aromatic nitrogens is 4. The molecule has 4 aromatic rings. The zero-order chi connectivity index (χ0) is 19.8. The molecule has 0 radical (unpaired) electrons. The molecule has 28 heavy (non-hydrogen) atoms. The van der Waals surface area contributed by atoms with E-state index in [4.69, 9.17) is 4.98 Å². The number of hydrogen-bond acceptors (Lipinski definition) is 5. The van der Waals surface area contributed by atoms with E-state index in [0.29, 0.717) is 17.4 Å². The second-order valence-electron chi connectivity index (χ2n) is 6.99. The largest absolute Gasteiger partial charge is 0.281 e. The van der Waals surface area contributed by atoms with Gasteiger partial charge in [-0.15, -0.1) is 0 Å². The highest BCUT2D eigenvalue weighted by atomic mass is 32.1. The minimum Gasteiger partial charge on any atom is -0.278 e. The van der Waals surface area contributed by atoms with Gasteiger partial charge in [0.05, 0.1) is 16.8 Å². The summed E-state index contributed by atoms with van der Waals surface area (Å²) in [6, 6.07) is 8.03. The molecular formula is C21H21N5OS. The number of hydrogen-bond donors (Lipinski definition) is 0. The Hall–Kier alpha value is -3.06. The first kappa shape index (κ1) is 18.3. The highest BCUT2D eigenvalue weighted by molar-refractivity contribution is 7.22. The third kappa shape index (κ3) is 3.41. The van der Waals surface area contributed by atoms with Crippen LogP contribution >= 0.6 is 11.3 Å². The number of benzene rings is 1. The summed E-state index contributed by atoms with van der Waals surface area (Å²) in [5.41, 5.74) is 5.54. The van der Waals surface area contributed by atoms with Crippen LogP contribution in [0.4, 0.5) is 5.13 Å². The van der Waals surface area contributed by atoms with E-state index < -0.39 is 0 Å². The Morgan fingerprint density at radius 2 is 1.96 bits per heavy atom. The van der Waals surface area contributed by atoms with E-state index in [2.05, 4.69) is 36.1 Å². The van der Waals surface area contributed by atoms with Crippen LogP contribution in [-0.2, 0) is 13.6 Å². The molecule has 3 heterocycles. The van der Waals surface area contributed by atoms with Crippen molar-refractivity contribution in [1.29, 1.82) is 0 Å². The van der Waals surface area contributed by atoms with E-state index in [1.807, 2.05) is 32.3 Å². The number of thiazole rings is 1. The van der Waals surface area contributed by atoms with Gasteiger partial charge in [0.25, 0.3) is 5.91 Å². The van der Waals surface area contributed by atoms with Crippen molar-refractivity contribution in [3.05, 3.63) is 70.8 Å². The van der Waals surface area contributed by atoms with Gasteiger partial charge in [0.1, 0.15) is 0 Å².